The Balaban J connectivity index is 2.05. The number of aromatic nitrogens is 1. The molecule has 2 heterocycles. The maximum Gasteiger partial charge on any atom is 0.183 e. The quantitative estimate of drug-likeness (QED) is 0.860. The Hall–Kier alpha value is -0.870. The summed E-state index contributed by atoms with van der Waals surface area (Å²) in [6.45, 7) is 4.17. The van der Waals surface area contributed by atoms with Crippen LogP contribution in [0.4, 0.5) is 5.13 Å². The number of hydrogen-bond acceptors (Lipinski definition) is 4. The molecule has 74 valence electrons. The van der Waals surface area contributed by atoms with Gasteiger partial charge in [0, 0.05) is 10.3 Å². The van der Waals surface area contributed by atoms with Crippen LogP contribution in [0.3, 0.4) is 0 Å². The van der Waals surface area contributed by atoms with E-state index in [4.69, 9.17) is 0 Å². The number of thiophene rings is 1. The van der Waals surface area contributed by atoms with E-state index in [0.29, 0.717) is 6.04 Å². The molecule has 2 nitrogen and oxygen atoms in total. The van der Waals surface area contributed by atoms with E-state index in [1.807, 2.05) is 6.92 Å². The lowest BCUT2D eigenvalue weighted by atomic mass is 10.3. The van der Waals surface area contributed by atoms with Crippen LogP contribution in [0.5, 0.6) is 0 Å². The van der Waals surface area contributed by atoms with E-state index in [2.05, 4.69) is 40.1 Å². The number of aryl methyl sites for hydroxylation is 1. The van der Waals surface area contributed by atoms with E-state index >= 15 is 0 Å². The van der Waals surface area contributed by atoms with Crippen LogP contribution in [0, 0.1) is 6.92 Å². The summed E-state index contributed by atoms with van der Waals surface area (Å²) in [5, 5.41) is 8.54. The molecule has 0 fully saturated rings. The van der Waals surface area contributed by atoms with E-state index in [1.165, 1.54) is 4.88 Å². The van der Waals surface area contributed by atoms with Gasteiger partial charge in [-0.3, -0.25) is 0 Å². The molecule has 2 aromatic heterocycles. The zero-order valence-corrected chi connectivity index (χ0v) is 9.78. The molecule has 4 heteroatoms. The van der Waals surface area contributed by atoms with Gasteiger partial charge in [0.15, 0.2) is 5.13 Å². The molecule has 2 aromatic rings. The van der Waals surface area contributed by atoms with Crippen molar-refractivity contribution >= 4 is 27.8 Å². The maximum absolute atomic E-state index is 4.37. The van der Waals surface area contributed by atoms with Gasteiger partial charge in [0.25, 0.3) is 0 Å². The first-order valence-corrected chi connectivity index (χ1v) is 6.23. The third kappa shape index (κ3) is 2.13. The molecule has 1 atom stereocenters. The van der Waals surface area contributed by atoms with Crippen LogP contribution < -0.4 is 5.32 Å². The minimum absolute atomic E-state index is 0.348. The first kappa shape index (κ1) is 9.68. The van der Waals surface area contributed by atoms with Crippen molar-refractivity contribution in [3.8, 4) is 0 Å². The Morgan fingerprint density at radius 3 is 2.86 bits per heavy atom. The lowest BCUT2D eigenvalue weighted by Gasteiger charge is -2.09. The summed E-state index contributed by atoms with van der Waals surface area (Å²) in [4.78, 5) is 5.72. The van der Waals surface area contributed by atoms with Crippen molar-refractivity contribution in [3.05, 3.63) is 33.5 Å². The number of nitrogens with one attached hydrogen (secondary N) is 1. The Kier molecular flexibility index (Phi) is 2.84. The Labute approximate surface area is 91.6 Å². The highest BCUT2D eigenvalue weighted by atomic mass is 32.1. The first-order chi connectivity index (χ1) is 6.75. The van der Waals surface area contributed by atoms with Gasteiger partial charge in [-0.1, -0.05) is 6.07 Å². The third-order valence-electron chi connectivity index (χ3n) is 1.93. The molecule has 14 heavy (non-hydrogen) atoms. The highest BCUT2D eigenvalue weighted by molar-refractivity contribution is 7.13. The average Bonchev–Trinajstić information content (AvgIpc) is 2.75. The monoisotopic (exact) mass is 224 g/mol. The molecular weight excluding hydrogens is 212 g/mol. The minimum atomic E-state index is 0.348. The van der Waals surface area contributed by atoms with Gasteiger partial charge < -0.3 is 5.32 Å². The summed E-state index contributed by atoms with van der Waals surface area (Å²) in [6.07, 6.45) is 0. The smallest absolute Gasteiger partial charge is 0.183 e. The zero-order chi connectivity index (χ0) is 9.97. The van der Waals surface area contributed by atoms with Gasteiger partial charge in [0.05, 0.1) is 11.7 Å². The van der Waals surface area contributed by atoms with Gasteiger partial charge in [-0.25, -0.2) is 4.98 Å². The number of thiazole rings is 1. The van der Waals surface area contributed by atoms with Crippen molar-refractivity contribution in [1.82, 2.24) is 4.98 Å². The van der Waals surface area contributed by atoms with Gasteiger partial charge in [-0.2, -0.15) is 0 Å². The van der Waals surface area contributed by atoms with Crippen molar-refractivity contribution < 1.29 is 0 Å². The standard InChI is InChI=1S/C10H12N2S2/c1-7-6-14-10(11-7)12-8(2)9-4-3-5-13-9/h3-6,8H,1-2H3,(H,11,12). The van der Waals surface area contributed by atoms with Crippen LogP contribution in [0.25, 0.3) is 0 Å². The molecular formula is C10H12N2S2. The van der Waals surface area contributed by atoms with Gasteiger partial charge >= 0.3 is 0 Å². The van der Waals surface area contributed by atoms with Crippen molar-refractivity contribution in [2.24, 2.45) is 0 Å². The van der Waals surface area contributed by atoms with Crippen molar-refractivity contribution in [2.45, 2.75) is 19.9 Å². The molecule has 0 aliphatic heterocycles. The molecule has 1 unspecified atom stereocenters. The maximum atomic E-state index is 4.37. The van der Waals surface area contributed by atoms with E-state index in [1.54, 1.807) is 22.7 Å². The van der Waals surface area contributed by atoms with E-state index in [-0.39, 0.29) is 0 Å². The van der Waals surface area contributed by atoms with Crippen LogP contribution in [0.2, 0.25) is 0 Å². The fourth-order valence-corrected chi connectivity index (χ4v) is 2.73. The first-order valence-electron chi connectivity index (χ1n) is 4.48. The molecule has 0 aliphatic rings. The zero-order valence-electron chi connectivity index (χ0n) is 8.15. The third-order valence-corrected chi connectivity index (χ3v) is 3.88. The fraction of sp³-hybridized carbons (Fsp3) is 0.300. The number of nitrogens with zero attached hydrogens (tertiary/aromatic N) is 1. The van der Waals surface area contributed by atoms with Crippen molar-refractivity contribution in [3.63, 3.8) is 0 Å². The van der Waals surface area contributed by atoms with Crippen LogP contribution in [0.1, 0.15) is 23.5 Å². The van der Waals surface area contributed by atoms with E-state index in [9.17, 15) is 0 Å². The molecule has 2 rings (SSSR count). The second kappa shape index (κ2) is 4.11. The largest absolute Gasteiger partial charge is 0.354 e. The second-order valence-electron chi connectivity index (χ2n) is 3.18. The van der Waals surface area contributed by atoms with Gasteiger partial charge in [0.1, 0.15) is 0 Å². The van der Waals surface area contributed by atoms with Crippen LogP contribution in [-0.4, -0.2) is 4.98 Å². The van der Waals surface area contributed by atoms with Crippen LogP contribution >= 0.6 is 22.7 Å². The normalized spacial score (nSPS) is 12.7. The van der Waals surface area contributed by atoms with Gasteiger partial charge in [0.2, 0.25) is 0 Å². The highest BCUT2D eigenvalue weighted by Gasteiger charge is 2.07. The van der Waals surface area contributed by atoms with Crippen LogP contribution in [-0.2, 0) is 0 Å². The predicted molar refractivity (Wildman–Crippen MR) is 63.2 cm³/mol. The fourth-order valence-electron chi connectivity index (χ4n) is 1.21. The molecule has 0 spiro atoms. The van der Waals surface area contributed by atoms with Gasteiger partial charge in [-0.05, 0) is 25.3 Å². The topological polar surface area (TPSA) is 24.9 Å². The molecule has 0 aromatic carbocycles. The summed E-state index contributed by atoms with van der Waals surface area (Å²) in [7, 11) is 0. The Morgan fingerprint density at radius 2 is 2.29 bits per heavy atom. The summed E-state index contributed by atoms with van der Waals surface area (Å²) in [6, 6.07) is 4.56. The van der Waals surface area contributed by atoms with Crippen molar-refractivity contribution in [2.75, 3.05) is 5.32 Å². The summed E-state index contributed by atoms with van der Waals surface area (Å²) in [5.74, 6) is 0. The van der Waals surface area contributed by atoms with Gasteiger partial charge in [-0.15, -0.1) is 22.7 Å². The average molecular weight is 224 g/mol. The summed E-state index contributed by atoms with van der Waals surface area (Å²) in [5.41, 5.74) is 1.08. The lowest BCUT2D eigenvalue weighted by Crippen LogP contribution is -2.04. The highest BCUT2D eigenvalue weighted by Crippen LogP contribution is 2.24. The van der Waals surface area contributed by atoms with Crippen molar-refractivity contribution in [1.29, 1.82) is 0 Å². The summed E-state index contributed by atoms with van der Waals surface area (Å²) >= 11 is 3.43. The number of anilines is 1. The number of rotatable bonds is 3. The number of hydrogen-bond donors (Lipinski definition) is 1. The van der Waals surface area contributed by atoms with E-state index in [0.717, 1.165) is 10.8 Å². The SMILES string of the molecule is Cc1csc(NC(C)c2cccs2)n1. The molecule has 0 bridgehead atoms. The minimum Gasteiger partial charge on any atom is -0.354 e. The molecule has 0 aliphatic carbocycles. The molecule has 0 radical (unpaired) electrons. The lowest BCUT2D eigenvalue weighted by molar-refractivity contribution is 0.903. The molecule has 1 N–H and O–H groups in total. The molecule has 0 saturated heterocycles. The molecule has 0 saturated carbocycles. The van der Waals surface area contributed by atoms with Crippen LogP contribution in [0.15, 0.2) is 22.9 Å². The van der Waals surface area contributed by atoms with E-state index < -0.39 is 0 Å². The Morgan fingerprint density at radius 1 is 1.43 bits per heavy atom. The second-order valence-corrected chi connectivity index (χ2v) is 5.01. The summed E-state index contributed by atoms with van der Waals surface area (Å²) < 4.78 is 0. The molecule has 0 amide bonds. The Bertz CT molecular complexity index is 392. The predicted octanol–water partition coefficient (Wildman–Crippen LogP) is 3.69.